The van der Waals surface area contributed by atoms with Gasteiger partial charge in [-0.15, -0.1) is 0 Å². The number of pyridine rings is 1. The Morgan fingerprint density at radius 3 is 2.48 bits per heavy atom. The van der Waals surface area contributed by atoms with Crippen LogP contribution < -0.4 is 10.2 Å². The van der Waals surface area contributed by atoms with Gasteiger partial charge >= 0.3 is 0 Å². The number of nitrogens with one attached hydrogen (secondary N) is 1. The summed E-state index contributed by atoms with van der Waals surface area (Å²) in [6.07, 6.45) is 3.31. The molecule has 0 amide bonds. The minimum absolute atomic E-state index is 0.0700. The van der Waals surface area contributed by atoms with Crippen LogP contribution in [0.4, 0.5) is 5.82 Å². The summed E-state index contributed by atoms with van der Waals surface area (Å²) >= 11 is 1.90. The fourth-order valence-corrected chi connectivity index (χ4v) is 3.17. The molecule has 0 saturated heterocycles. The summed E-state index contributed by atoms with van der Waals surface area (Å²) in [6.45, 7) is 9.80. The van der Waals surface area contributed by atoms with E-state index >= 15 is 0 Å². The molecule has 0 aromatic carbocycles. The number of hydrogen-bond acceptors (Lipinski definition) is 4. The van der Waals surface area contributed by atoms with Crippen molar-refractivity contribution in [2.45, 2.75) is 52.1 Å². The summed E-state index contributed by atoms with van der Waals surface area (Å²) in [5.74, 6) is 2.23. The number of hydrogen-bond donors (Lipinski definition) is 1. The molecule has 1 N–H and O–H groups in total. The summed E-state index contributed by atoms with van der Waals surface area (Å²) < 4.78 is 0. The number of anilines is 1. The lowest BCUT2D eigenvalue weighted by Crippen LogP contribution is -2.34. The van der Waals surface area contributed by atoms with E-state index in [1.807, 2.05) is 18.8 Å². The zero-order chi connectivity index (χ0) is 16.0. The fraction of sp³-hybridized carbons (Fsp3) is 0.706. The number of rotatable bonds is 7. The van der Waals surface area contributed by atoms with E-state index in [4.69, 9.17) is 4.98 Å². The molecule has 21 heavy (non-hydrogen) atoms. The van der Waals surface area contributed by atoms with Crippen LogP contribution in [0.2, 0.25) is 0 Å². The normalized spacial score (nSPS) is 13.3. The molecule has 0 saturated carbocycles. The van der Waals surface area contributed by atoms with E-state index < -0.39 is 0 Å². The first-order valence-electron chi connectivity index (χ1n) is 7.71. The van der Waals surface area contributed by atoms with Crippen molar-refractivity contribution in [3.8, 4) is 0 Å². The van der Waals surface area contributed by atoms with Crippen LogP contribution in [-0.2, 0) is 12.0 Å². The predicted molar refractivity (Wildman–Crippen MR) is 96.6 cm³/mol. The monoisotopic (exact) mass is 309 g/mol. The first kappa shape index (κ1) is 18.3. The Bertz CT molecular complexity index is 440. The van der Waals surface area contributed by atoms with Crippen LogP contribution in [0.3, 0.4) is 0 Å². The lowest BCUT2D eigenvalue weighted by Gasteiger charge is -2.30. The molecule has 1 heterocycles. The van der Waals surface area contributed by atoms with Crippen LogP contribution in [0.25, 0.3) is 0 Å². The second kappa shape index (κ2) is 8.04. The SMILES string of the molecule is CCC(CSC)N(C)c1cc(CNC)cc(C(C)(C)C)n1. The van der Waals surface area contributed by atoms with Crippen molar-refractivity contribution in [2.75, 3.05) is 31.0 Å². The lowest BCUT2D eigenvalue weighted by atomic mass is 9.90. The standard InChI is InChI=1S/C17H31N3S/c1-8-14(12-21-7)20(6)16-10-13(11-18-5)9-15(19-16)17(2,3)4/h9-10,14,18H,8,11-12H2,1-7H3. The Balaban J connectivity index is 3.17. The molecule has 1 aromatic heterocycles. The van der Waals surface area contributed by atoms with Crippen molar-refractivity contribution in [1.29, 1.82) is 0 Å². The molecule has 3 nitrogen and oxygen atoms in total. The average Bonchev–Trinajstić information content (AvgIpc) is 2.43. The summed E-state index contributed by atoms with van der Waals surface area (Å²) in [6, 6.07) is 4.98. The zero-order valence-corrected chi connectivity index (χ0v) is 15.5. The number of thioether (sulfide) groups is 1. The van der Waals surface area contributed by atoms with Gasteiger partial charge in [0.25, 0.3) is 0 Å². The van der Waals surface area contributed by atoms with Crippen LogP contribution in [0.1, 0.15) is 45.4 Å². The van der Waals surface area contributed by atoms with Crippen molar-refractivity contribution < 1.29 is 0 Å². The van der Waals surface area contributed by atoms with Gasteiger partial charge in [0.2, 0.25) is 0 Å². The zero-order valence-electron chi connectivity index (χ0n) is 14.7. The molecule has 0 aliphatic carbocycles. The molecular weight excluding hydrogens is 278 g/mol. The number of nitrogens with zero attached hydrogens (tertiary/aromatic N) is 2. The van der Waals surface area contributed by atoms with Gasteiger partial charge in [-0.1, -0.05) is 27.7 Å². The molecule has 120 valence electrons. The van der Waals surface area contributed by atoms with E-state index in [9.17, 15) is 0 Å². The van der Waals surface area contributed by atoms with Gasteiger partial charge in [0, 0.05) is 36.5 Å². The van der Waals surface area contributed by atoms with Gasteiger partial charge in [-0.2, -0.15) is 11.8 Å². The Labute approximate surface area is 134 Å². The molecule has 1 unspecified atom stereocenters. The minimum atomic E-state index is 0.0700. The predicted octanol–water partition coefficient (Wildman–Crippen LogP) is 3.68. The third-order valence-corrected chi connectivity index (χ3v) is 4.48. The Hall–Kier alpha value is -0.740. The topological polar surface area (TPSA) is 28.2 Å². The Kier molecular flexibility index (Phi) is 7.01. The van der Waals surface area contributed by atoms with E-state index in [0.29, 0.717) is 6.04 Å². The molecule has 0 spiro atoms. The summed E-state index contributed by atoms with van der Waals surface area (Å²) in [7, 11) is 4.16. The highest BCUT2D eigenvalue weighted by atomic mass is 32.2. The molecule has 1 aromatic rings. The van der Waals surface area contributed by atoms with Gasteiger partial charge in [-0.05, 0) is 37.4 Å². The van der Waals surface area contributed by atoms with E-state index in [2.05, 4.69) is 63.3 Å². The van der Waals surface area contributed by atoms with Crippen LogP contribution in [0.15, 0.2) is 12.1 Å². The molecule has 0 aliphatic heterocycles. The van der Waals surface area contributed by atoms with Crippen molar-refractivity contribution >= 4 is 17.6 Å². The van der Waals surface area contributed by atoms with Gasteiger partial charge < -0.3 is 10.2 Å². The smallest absolute Gasteiger partial charge is 0.129 e. The minimum Gasteiger partial charge on any atom is -0.356 e. The lowest BCUT2D eigenvalue weighted by molar-refractivity contribution is 0.563. The maximum atomic E-state index is 4.93. The highest BCUT2D eigenvalue weighted by Crippen LogP contribution is 2.26. The van der Waals surface area contributed by atoms with Crippen molar-refractivity contribution in [3.63, 3.8) is 0 Å². The highest BCUT2D eigenvalue weighted by Gasteiger charge is 2.20. The molecule has 1 atom stereocenters. The van der Waals surface area contributed by atoms with Crippen LogP contribution in [-0.4, -0.2) is 37.1 Å². The van der Waals surface area contributed by atoms with Crippen LogP contribution in [0, 0.1) is 0 Å². The second-order valence-electron chi connectivity index (χ2n) is 6.63. The molecule has 4 heteroatoms. The number of aromatic nitrogens is 1. The average molecular weight is 310 g/mol. The molecule has 0 aliphatic rings. The summed E-state index contributed by atoms with van der Waals surface area (Å²) in [5, 5.41) is 3.25. The third-order valence-electron chi connectivity index (χ3n) is 3.76. The largest absolute Gasteiger partial charge is 0.356 e. The second-order valence-corrected chi connectivity index (χ2v) is 7.54. The molecule has 0 fully saturated rings. The van der Waals surface area contributed by atoms with Gasteiger partial charge in [0.1, 0.15) is 5.82 Å². The summed E-state index contributed by atoms with van der Waals surface area (Å²) in [4.78, 5) is 7.27. The Morgan fingerprint density at radius 2 is 2.00 bits per heavy atom. The van der Waals surface area contributed by atoms with Crippen molar-refractivity contribution in [2.24, 2.45) is 0 Å². The highest BCUT2D eigenvalue weighted by molar-refractivity contribution is 7.98. The van der Waals surface area contributed by atoms with E-state index in [-0.39, 0.29) is 5.41 Å². The fourth-order valence-electron chi connectivity index (χ4n) is 2.33. The maximum Gasteiger partial charge on any atom is 0.129 e. The Morgan fingerprint density at radius 1 is 1.33 bits per heavy atom. The first-order valence-corrected chi connectivity index (χ1v) is 9.10. The van der Waals surface area contributed by atoms with Gasteiger partial charge in [0.05, 0.1) is 0 Å². The van der Waals surface area contributed by atoms with E-state index in [0.717, 1.165) is 30.2 Å². The molecule has 0 bridgehead atoms. The van der Waals surface area contributed by atoms with Gasteiger partial charge in [0.15, 0.2) is 0 Å². The maximum absolute atomic E-state index is 4.93. The molecular formula is C17H31N3S. The van der Waals surface area contributed by atoms with Crippen LogP contribution in [0.5, 0.6) is 0 Å². The molecule has 0 radical (unpaired) electrons. The quantitative estimate of drug-likeness (QED) is 0.832. The first-order chi connectivity index (χ1) is 9.83. The van der Waals surface area contributed by atoms with Gasteiger partial charge in [-0.3, -0.25) is 0 Å². The summed E-state index contributed by atoms with van der Waals surface area (Å²) in [5.41, 5.74) is 2.54. The van der Waals surface area contributed by atoms with E-state index in [1.165, 1.54) is 5.56 Å². The van der Waals surface area contributed by atoms with Crippen LogP contribution >= 0.6 is 11.8 Å². The van der Waals surface area contributed by atoms with E-state index in [1.54, 1.807) is 0 Å². The van der Waals surface area contributed by atoms with Crippen molar-refractivity contribution in [1.82, 2.24) is 10.3 Å². The van der Waals surface area contributed by atoms with Gasteiger partial charge in [-0.25, -0.2) is 4.98 Å². The van der Waals surface area contributed by atoms with Crippen molar-refractivity contribution in [3.05, 3.63) is 23.4 Å². The third kappa shape index (κ3) is 5.19. The molecule has 1 rings (SSSR count).